The summed E-state index contributed by atoms with van der Waals surface area (Å²) in [7, 11) is 1.87. The van der Waals surface area contributed by atoms with Crippen LogP contribution in [0.2, 0.25) is 0 Å². The predicted molar refractivity (Wildman–Crippen MR) is 96.6 cm³/mol. The van der Waals surface area contributed by atoms with Crippen molar-refractivity contribution in [2.24, 2.45) is 7.05 Å². The predicted octanol–water partition coefficient (Wildman–Crippen LogP) is 2.06. The molecule has 0 saturated heterocycles. The van der Waals surface area contributed by atoms with E-state index in [2.05, 4.69) is 44.4 Å². The number of aryl methyl sites for hydroxylation is 1. The second kappa shape index (κ2) is 7.23. The van der Waals surface area contributed by atoms with Crippen molar-refractivity contribution in [3.05, 3.63) is 95.8 Å². The molecule has 0 amide bonds. The molecule has 6 nitrogen and oxygen atoms in total. The summed E-state index contributed by atoms with van der Waals surface area (Å²) in [5.41, 5.74) is 4.49. The molecule has 4 aromatic rings. The number of pyridine rings is 1. The molecule has 3 heterocycles. The maximum atomic E-state index is 4.63. The molecule has 0 aliphatic carbocycles. The zero-order chi connectivity index (χ0) is 17.8. The molecule has 4 rings (SSSR count). The van der Waals surface area contributed by atoms with Gasteiger partial charge in [-0.15, -0.1) is 4.68 Å². The number of rotatable bonds is 5. The van der Waals surface area contributed by atoms with Crippen LogP contribution in [0.3, 0.4) is 0 Å². The average Bonchev–Trinajstić information content (AvgIpc) is 3.10. The van der Waals surface area contributed by atoms with E-state index in [-0.39, 0.29) is 0 Å². The van der Waals surface area contributed by atoms with Gasteiger partial charge in [-0.1, -0.05) is 35.0 Å². The molecule has 6 heteroatoms. The molecule has 128 valence electrons. The molecule has 0 unspecified atom stereocenters. The van der Waals surface area contributed by atoms with E-state index in [9.17, 15) is 0 Å². The lowest BCUT2D eigenvalue weighted by Gasteiger charge is -2.05. The molecule has 0 N–H and O–H groups in total. The maximum Gasteiger partial charge on any atom is 0.347 e. The van der Waals surface area contributed by atoms with Crippen LogP contribution in [0.25, 0.3) is 5.95 Å². The van der Waals surface area contributed by atoms with E-state index < -0.39 is 0 Å². The fourth-order valence-corrected chi connectivity index (χ4v) is 2.84. The molecule has 0 bridgehead atoms. The Hall–Kier alpha value is -3.41. The molecule has 0 aliphatic rings. The smallest absolute Gasteiger partial charge is 0.261 e. The van der Waals surface area contributed by atoms with Crippen LogP contribution in [0.4, 0.5) is 0 Å². The standard InChI is InChI=1S/C20H19N6/c1-25-11-12-26(24-25)20-22-10-8-19(23-20)15-17-6-4-5-16(13-17)14-18-7-2-3-9-21-18/h2-13H,14-15H2,1H3/q+1. The first-order valence-electron chi connectivity index (χ1n) is 8.48. The lowest BCUT2D eigenvalue weighted by Crippen LogP contribution is -2.30. The van der Waals surface area contributed by atoms with Crippen molar-refractivity contribution in [3.8, 4) is 5.95 Å². The van der Waals surface area contributed by atoms with E-state index in [4.69, 9.17) is 0 Å². The largest absolute Gasteiger partial charge is 0.347 e. The molecule has 26 heavy (non-hydrogen) atoms. The number of nitrogens with zero attached hydrogens (tertiary/aromatic N) is 6. The number of benzene rings is 1. The highest BCUT2D eigenvalue weighted by Gasteiger charge is 2.10. The molecule has 0 atom stereocenters. The van der Waals surface area contributed by atoms with Crippen molar-refractivity contribution in [1.29, 1.82) is 0 Å². The van der Waals surface area contributed by atoms with Crippen molar-refractivity contribution in [2.75, 3.05) is 0 Å². The van der Waals surface area contributed by atoms with Crippen LogP contribution in [0.1, 0.15) is 22.5 Å². The Kier molecular flexibility index (Phi) is 4.47. The minimum Gasteiger partial charge on any atom is -0.261 e. The van der Waals surface area contributed by atoms with Crippen LogP contribution in [0.5, 0.6) is 0 Å². The summed E-state index contributed by atoms with van der Waals surface area (Å²) in [5.74, 6) is 0.577. The second-order valence-electron chi connectivity index (χ2n) is 6.15. The minimum absolute atomic E-state index is 0.577. The molecule has 0 saturated carbocycles. The van der Waals surface area contributed by atoms with Crippen LogP contribution in [-0.4, -0.2) is 24.8 Å². The molecule has 0 fully saturated rings. The zero-order valence-corrected chi connectivity index (χ0v) is 14.5. The van der Waals surface area contributed by atoms with Gasteiger partial charge in [0.25, 0.3) is 0 Å². The fourth-order valence-electron chi connectivity index (χ4n) is 2.84. The van der Waals surface area contributed by atoms with E-state index in [0.717, 1.165) is 24.2 Å². The highest BCUT2D eigenvalue weighted by molar-refractivity contribution is 5.30. The Balaban J connectivity index is 1.53. The van der Waals surface area contributed by atoms with E-state index >= 15 is 0 Å². The van der Waals surface area contributed by atoms with Gasteiger partial charge in [-0.05, 0) is 29.3 Å². The average molecular weight is 343 g/mol. The topological polar surface area (TPSA) is 60.4 Å². The molecule has 3 aromatic heterocycles. The van der Waals surface area contributed by atoms with Crippen molar-refractivity contribution in [3.63, 3.8) is 0 Å². The summed E-state index contributed by atoms with van der Waals surface area (Å²) >= 11 is 0. The second-order valence-corrected chi connectivity index (χ2v) is 6.15. The summed E-state index contributed by atoms with van der Waals surface area (Å²) in [4.78, 5) is 13.3. The van der Waals surface area contributed by atoms with Crippen LogP contribution in [-0.2, 0) is 19.9 Å². The fraction of sp³-hybridized carbons (Fsp3) is 0.150. The van der Waals surface area contributed by atoms with Crippen LogP contribution < -0.4 is 4.68 Å². The lowest BCUT2D eigenvalue weighted by atomic mass is 10.0. The maximum absolute atomic E-state index is 4.63. The highest BCUT2D eigenvalue weighted by atomic mass is 15.5. The van der Waals surface area contributed by atoms with Crippen LogP contribution >= 0.6 is 0 Å². The summed E-state index contributed by atoms with van der Waals surface area (Å²) in [6.07, 6.45) is 8.88. The Morgan fingerprint density at radius 3 is 2.46 bits per heavy atom. The lowest BCUT2D eigenvalue weighted by molar-refractivity contribution is -0.731. The van der Waals surface area contributed by atoms with E-state index in [1.807, 2.05) is 49.9 Å². The van der Waals surface area contributed by atoms with Crippen molar-refractivity contribution in [1.82, 2.24) is 24.8 Å². The van der Waals surface area contributed by atoms with Crippen molar-refractivity contribution in [2.45, 2.75) is 12.8 Å². The Morgan fingerprint density at radius 2 is 1.73 bits per heavy atom. The molecule has 0 aliphatic heterocycles. The first kappa shape index (κ1) is 16.1. The summed E-state index contributed by atoms with van der Waals surface area (Å²) in [5, 5.41) is 4.29. The van der Waals surface area contributed by atoms with E-state index in [0.29, 0.717) is 5.95 Å². The third-order valence-corrected chi connectivity index (χ3v) is 4.05. The van der Waals surface area contributed by atoms with Gasteiger partial charge < -0.3 is 0 Å². The van der Waals surface area contributed by atoms with Gasteiger partial charge >= 0.3 is 5.95 Å². The van der Waals surface area contributed by atoms with Gasteiger partial charge in [0.15, 0.2) is 12.4 Å². The summed E-state index contributed by atoms with van der Waals surface area (Å²) in [6.45, 7) is 0. The van der Waals surface area contributed by atoms with Crippen molar-refractivity contribution < 1.29 is 4.68 Å². The Bertz CT molecular complexity index is 1010. The van der Waals surface area contributed by atoms with E-state index in [1.165, 1.54) is 11.1 Å². The van der Waals surface area contributed by atoms with Gasteiger partial charge in [-0.25, -0.2) is 0 Å². The SMILES string of the molecule is C[n+]1ccn(-c2nccc(Cc3cccc(Cc4ccccn4)c3)n2)n1. The Morgan fingerprint density at radius 1 is 0.885 bits per heavy atom. The van der Waals surface area contributed by atoms with E-state index in [1.54, 1.807) is 15.6 Å². The first-order chi connectivity index (χ1) is 12.8. The van der Waals surface area contributed by atoms with Gasteiger partial charge in [-0.2, -0.15) is 9.97 Å². The summed E-state index contributed by atoms with van der Waals surface area (Å²) in [6, 6.07) is 16.5. The Labute approximate surface area is 151 Å². The minimum atomic E-state index is 0.577. The third-order valence-electron chi connectivity index (χ3n) is 4.05. The highest BCUT2D eigenvalue weighted by Crippen LogP contribution is 2.13. The van der Waals surface area contributed by atoms with Gasteiger partial charge in [0.2, 0.25) is 0 Å². The molecular weight excluding hydrogens is 324 g/mol. The van der Waals surface area contributed by atoms with Gasteiger partial charge in [-0.3, -0.25) is 4.98 Å². The number of aromatic nitrogens is 6. The molecule has 1 aromatic carbocycles. The van der Waals surface area contributed by atoms with Gasteiger partial charge in [0.1, 0.15) is 7.05 Å². The van der Waals surface area contributed by atoms with Gasteiger partial charge in [0.05, 0.1) is 10.9 Å². The normalized spacial score (nSPS) is 10.8. The number of hydrogen-bond donors (Lipinski definition) is 0. The van der Waals surface area contributed by atoms with Crippen molar-refractivity contribution >= 4 is 0 Å². The van der Waals surface area contributed by atoms with Gasteiger partial charge in [0, 0.05) is 30.9 Å². The first-order valence-corrected chi connectivity index (χ1v) is 8.48. The molecule has 0 radical (unpaired) electrons. The zero-order valence-electron chi connectivity index (χ0n) is 14.5. The molecule has 0 spiro atoms. The third kappa shape index (κ3) is 3.80. The monoisotopic (exact) mass is 343 g/mol. The number of hydrogen-bond acceptors (Lipinski definition) is 4. The summed E-state index contributed by atoms with van der Waals surface area (Å²) < 4.78 is 3.39. The molecular formula is C20H19N6+. The van der Waals surface area contributed by atoms with Crippen LogP contribution in [0.15, 0.2) is 73.3 Å². The quantitative estimate of drug-likeness (QED) is 0.521. The van der Waals surface area contributed by atoms with Crippen LogP contribution in [0, 0.1) is 0 Å².